The molecule has 0 bridgehead atoms. The summed E-state index contributed by atoms with van der Waals surface area (Å²) in [5, 5.41) is 3.27. The number of nitrogens with one attached hydrogen (secondary N) is 1. The number of carbonyl (C=O) groups is 1. The number of hydrogen-bond donors (Lipinski definition) is 1. The molecule has 1 aromatic heterocycles. The fourth-order valence-electron chi connectivity index (χ4n) is 3.30. The highest BCUT2D eigenvalue weighted by Gasteiger charge is 2.26. The molecule has 3 aromatic rings. The first-order valence-electron chi connectivity index (χ1n) is 8.69. The third-order valence-electron chi connectivity index (χ3n) is 4.48. The van der Waals surface area contributed by atoms with E-state index in [0.717, 1.165) is 23.4 Å². The number of fused-ring (bicyclic) bond motifs is 1. The average Bonchev–Trinajstić information content (AvgIpc) is 3.04. The van der Waals surface area contributed by atoms with Crippen LogP contribution in [0.5, 0.6) is 0 Å². The SMILES string of the molecule is Cc1cccc(Nc2cc(C(=O)N3CCc4ccccc43)nc(C)n2)c1. The first-order valence-corrected chi connectivity index (χ1v) is 8.69. The van der Waals surface area contributed by atoms with E-state index in [1.807, 2.05) is 49.4 Å². The molecule has 0 atom stereocenters. The van der Waals surface area contributed by atoms with Crippen molar-refractivity contribution in [1.82, 2.24) is 9.97 Å². The summed E-state index contributed by atoms with van der Waals surface area (Å²) < 4.78 is 0. The predicted molar refractivity (Wildman–Crippen MR) is 103 cm³/mol. The van der Waals surface area contributed by atoms with Crippen molar-refractivity contribution in [3.8, 4) is 0 Å². The summed E-state index contributed by atoms with van der Waals surface area (Å²) in [6.45, 7) is 4.52. The molecule has 0 aliphatic carbocycles. The zero-order valence-electron chi connectivity index (χ0n) is 14.9. The van der Waals surface area contributed by atoms with Crippen LogP contribution in [-0.4, -0.2) is 22.4 Å². The van der Waals surface area contributed by atoms with Crippen molar-refractivity contribution < 1.29 is 4.79 Å². The molecule has 5 nitrogen and oxygen atoms in total. The molecular formula is C21H20N4O. The Morgan fingerprint density at radius 1 is 1.04 bits per heavy atom. The molecule has 4 rings (SSSR count). The van der Waals surface area contributed by atoms with E-state index in [1.165, 1.54) is 5.56 Å². The van der Waals surface area contributed by atoms with Crippen LogP contribution in [0.15, 0.2) is 54.6 Å². The van der Waals surface area contributed by atoms with Gasteiger partial charge >= 0.3 is 0 Å². The Kier molecular flexibility index (Phi) is 4.13. The molecule has 1 aliphatic heterocycles. The molecule has 0 fully saturated rings. The van der Waals surface area contributed by atoms with Gasteiger partial charge in [-0.3, -0.25) is 4.79 Å². The number of rotatable bonds is 3. The number of nitrogens with zero attached hydrogens (tertiary/aromatic N) is 3. The van der Waals surface area contributed by atoms with Crippen LogP contribution in [0.1, 0.15) is 27.4 Å². The Labute approximate surface area is 152 Å². The highest BCUT2D eigenvalue weighted by Crippen LogP contribution is 2.29. The van der Waals surface area contributed by atoms with E-state index >= 15 is 0 Å². The van der Waals surface area contributed by atoms with E-state index in [4.69, 9.17) is 0 Å². The number of aromatic nitrogens is 2. The van der Waals surface area contributed by atoms with Crippen LogP contribution >= 0.6 is 0 Å². The quantitative estimate of drug-likeness (QED) is 0.779. The zero-order valence-corrected chi connectivity index (χ0v) is 14.9. The molecular weight excluding hydrogens is 324 g/mol. The van der Waals surface area contributed by atoms with Crippen molar-refractivity contribution in [2.75, 3.05) is 16.8 Å². The summed E-state index contributed by atoms with van der Waals surface area (Å²) in [6, 6.07) is 17.8. The van der Waals surface area contributed by atoms with Gasteiger partial charge in [0.1, 0.15) is 17.3 Å². The lowest BCUT2D eigenvalue weighted by molar-refractivity contribution is 0.0984. The van der Waals surface area contributed by atoms with Gasteiger partial charge in [0, 0.05) is 24.0 Å². The maximum absolute atomic E-state index is 13.0. The fourth-order valence-corrected chi connectivity index (χ4v) is 3.30. The zero-order chi connectivity index (χ0) is 18.1. The largest absolute Gasteiger partial charge is 0.340 e. The lowest BCUT2D eigenvalue weighted by Gasteiger charge is -2.17. The van der Waals surface area contributed by atoms with E-state index in [2.05, 4.69) is 21.4 Å². The maximum atomic E-state index is 13.0. The molecule has 1 amide bonds. The minimum atomic E-state index is -0.0901. The number of para-hydroxylation sites is 1. The van der Waals surface area contributed by atoms with E-state index in [0.29, 0.717) is 23.9 Å². The number of benzene rings is 2. The maximum Gasteiger partial charge on any atom is 0.277 e. The molecule has 1 N–H and O–H groups in total. The van der Waals surface area contributed by atoms with Crippen molar-refractivity contribution in [3.05, 3.63) is 77.2 Å². The second-order valence-electron chi connectivity index (χ2n) is 6.52. The average molecular weight is 344 g/mol. The van der Waals surface area contributed by atoms with Crippen LogP contribution < -0.4 is 10.2 Å². The third-order valence-corrected chi connectivity index (χ3v) is 4.48. The molecule has 0 radical (unpaired) electrons. The van der Waals surface area contributed by atoms with E-state index in [1.54, 1.807) is 17.9 Å². The summed E-state index contributed by atoms with van der Waals surface area (Å²) >= 11 is 0. The van der Waals surface area contributed by atoms with E-state index in [-0.39, 0.29) is 5.91 Å². The topological polar surface area (TPSA) is 58.1 Å². The molecule has 0 spiro atoms. The van der Waals surface area contributed by atoms with Gasteiger partial charge in [0.05, 0.1) is 0 Å². The minimum absolute atomic E-state index is 0.0901. The van der Waals surface area contributed by atoms with Gasteiger partial charge in [-0.25, -0.2) is 9.97 Å². The van der Waals surface area contributed by atoms with Gasteiger partial charge in [-0.1, -0.05) is 30.3 Å². The first kappa shape index (κ1) is 16.3. The Morgan fingerprint density at radius 2 is 1.88 bits per heavy atom. The second kappa shape index (κ2) is 6.59. The van der Waals surface area contributed by atoms with E-state index in [9.17, 15) is 4.79 Å². The molecule has 5 heteroatoms. The highest BCUT2D eigenvalue weighted by atomic mass is 16.2. The molecule has 0 unspecified atom stereocenters. The summed E-state index contributed by atoms with van der Waals surface area (Å²) in [7, 11) is 0. The van der Waals surface area contributed by atoms with Crippen LogP contribution in [0, 0.1) is 13.8 Å². The van der Waals surface area contributed by atoms with E-state index < -0.39 is 0 Å². The Morgan fingerprint density at radius 3 is 2.73 bits per heavy atom. The van der Waals surface area contributed by atoms with Gasteiger partial charge in [0.25, 0.3) is 5.91 Å². The van der Waals surface area contributed by atoms with Crippen molar-refractivity contribution in [1.29, 1.82) is 0 Å². The highest BCUT2D eigenvalue weighted by molar-refractivity contribution is 6.06. The summed E-state index contributed by atoms with van der Waals surface area (Å²) in [5.41, 5.74) is 4.68. The molecule has 2 heterocycles. The predicted octanol–water partition coefficient (Wildman–Crippen LogP) is 4.04. The van der Waals surface area contributed by atoms with Crippen molar-refractivity contribution in [3.63, 3.8) is 0 Å². The molecule has 0 saturated heterocycles. The van der Waals surface area contributed by atoms with Gasteiger partial charge in [0.15, 0.2) is 0 Å². The lowest BCUT2D eigenvalue weighted by atomic mass is 10.2. The molecule has 130 valence electrons. The summed E-state index contributed by atoms with van der Waals surface area (Å²) in [4.78, 5) is 23.6. The molecule has 2 aromatic carbocycles. The number of anilines is 3. The fraction of sp³-hybridized carbons (Fsp3) is 0.190. The summed E-state index contributed by atoms with van der Waals surface area (Å²) in [5.74, 6) is 1.10. The Balaban J connectivity index is 1.63. The molecule has 0 saturated carbocycles. The lowest BCUT2D eigenvalue weighted by Crippen LogP contribution is -2.30. The van der Waals surface area contributed by atoms with Gasteiger partial charge in [0.2, 0.25) is 0 Å². The van der Waals surface area contributed by atoms with Crippen LogP contribution in [0.25, 0.3) is 0 Å². The normalized spacial score (nSPS) is 12.8. The standard InChI is InChI=1S/C21H20N4O/c1-14-6-5-8-17(12-14)24-20-13-18(22-15(2)23-20)21(26)25-11-10-16-7-3-4-9-19(16)25/h3-9,12-13H,10-11H2,1-2H3,(H,22,23,24). The van der Waals surface area contributed by atoms with Crippen molar-refractivity contribution >= 4 is 23.1 Å². The Bertz CT molecular complexity index is 983. The van der Waals surface area contributed by atoms with Gasteiger partial charge in [-0.2, -0.15) is 0 Å². The number of amides is 1. The molecule has 26 heavy (non-hydrogen) atoms. The van der Waals surface area contributed by atoms with Crippen LogP contribution in [0.3, 0.4) is 0 Å². The van der Waals surface area contributed by atoms with Crippen molar-refractivity contribution in [2.45, 2.75) is 20.3 Å². The monoisotopic (exact) mass is 344 g/mol. The van der Waals surface area contributed by atoms with Crippen LogP contribution in [0.4, 0.5) is 17.2 Å². The smallest absolute Gasteiger partial charge is 0.277 e. The van der Waals surface area contributed by atoms with Gasteiger partial charge < -0.3 is 10.2 Å². The number of hydrogen-bond acceptors (Lipinski definition) is 4. The van der Waals surface area contributed by atoms with Gasteiger partial charge in [-0.05, 0) is 49.6 Å². The van der Waals surface area contributed by atoms with Gasteiger partial charge in [-0.15, -0.1) is 0 Å². The first-order chi connectivity index (χ1) is 12.6. The summed E-state index contributed by atoms with van der Waals surface area (Å²) in [6.07, 6.45) is 0.875. The van der Waals surface area contributed by atoms with Crippen LogP contribution in [-0.2, 0) is 6.42 Å². The minimum Gasteiger partial charge on any atom is -0.340 e. The Hall–Kier alpha value is -3.21. The number of aryl methyl sites for hydroxylation is 2. The second-order valence-corrected chi connectivity index (χ2v) is 6.52. The molecule has 1 aliphatic rings. The number of carbonyl (C=O) groups excluding carboxylic acids is 1. The van der Waals surface area contributed by atoms with Crippen molar-refractivity contribution in [2.24, 2.45) is 0 Å². The van der Waals surface area contributed by atoms with Crippen LogP contribution in [0.2, 0.25) is 0 Å². The third kappa shape index (κ3) is 3.16.